The number of carbonyl (C=O) groups excluding carboxylic acids is 2. The summed E-state index contributed by atoms with van der Waals surface area (Å²) < 4.78 is 16.4. The highest BCUT2D eigenvalue weighted by atomic mass is 16.5. The van der Waals surface area contributed by atoms with Crippen LogP contribution in [0.1, 0.15) is 17.2 Å². The second-order valence-electron chi connectivity index (χ2n) is 8.03. The van der Waals surface area contributed by atoms with E-state index in [1.165, 1.54) is 19.1 Å². The lowest BCUT2D eigenvalue weighted by molar-refractivity contribution is -0.140. The van der Waals surface area contributed by atoms with Gasteiger partial charge in [-0.1, -0.05) is 12.7 Å². The number of methoxy groups -OCH3 is 2. The van der Waals surface area contributed by atoms with Crippen LogP contribution in [-0.2, 0) is 9.59 Å². The summed E-state index contributed by atoms with van der Waals surface area (Å²) in [5.41, 5.74) is 0.936. The molecule has 1 heterocycles. The van der Waals surface area contributed by atoms with Crippen LogP contribution in [0.15, 0.2) is 60.7 Å². The van der Waals surface area contributed by atoms with Crippen molar-refractivity contribution in [1.29, 1.82) is 0 Å². The number of amides is 1. The first-order chi connectivity index (χ1) is 16.3. The van der Waals surface area contributed by atoms with Crippen LogP contribution in [0.4, 0.5) is 0 Å². The van der Waals surface area contributed by atoms with E-state index < -0.39 is 17.7 Å². The predicted octanol–water partition coefficient (Wildman–Crippen LogP) is 3.25. The summed E-state index contributed by atoms with van der Waals surface area (Å²) in [5, 5.41) is 11.2. The molecule has 0 bridgehead atoms. The molecule has 1 aliphatic heterocycles. The zero-order chi connectivity index (χ0) is 24.8. The second kappa shape index (κ2) is 10.9. The largest absolute Gasteiger partial charge is 0.507 e. The van der Waals surface area contributed by atoms with Gasteiger partial charge >= 0.3 is 0 Å². The van der Waals surface area contributed by atoms with Crippen LogP contribution >= 0.6 is 0 Å². The van der Waals surface area contributed by atoms with E-state index in [9.17, 15) is 14.7 Å². The molecule has 8 nitrogen and oxygen atoms in total. The summed E-state index contributed by atoms with van der Waals surface area (Å²) in [4.78, 5) is 29.7. The van der Waals surface area contributed by atoms with E-state index in [0.29, 0.717) is 41.5 Å². The smallest absolute Gasteiger partial charge is 0.295 e. The van der Waals surface area contributed by atoms with Crippen molar-refractivity contribution < 1.29 is 28.9 Å². The molecule has 0 aliphatic carbocycles. The third-order valence-corrected chi connectivity index (χ3v) is 5.56. The zero-order valence-corrected chi connectivity index (χ0v) is 19.9. The number of nitrogens with zero attached hydrogens (tertiary/aromatic N) is 2. The van der Waals surface area contributed by atoms with Crippen LogP contribution in [0.5, 0.6) is 17.2 Å². The lowest BCUT2D eigenvalue weighted by atomic mass is 9.94. The normalized spacial score (nSPS) is 17.2. The molecule has 34 heavy (non-hydrogen) atoms. The number of aliphatic hydroxyl groups is 1. The Hall–Kier alpha value is -3.78. The number of hydrogen-bond acceptors (Lipinski definition) is 7. The van der Waals surface area contributed by atoms with Crippen molar-refractivity contribution in [3.63, 3.8) is 0 Å². The monoisotopic (exact) mass is 466 g/mol. The highest BCUT2D eigenvalue weighted by Crippen LogP contribution is 2.43. The Kier molecular flexibility index (Phi) is 7.96. The molecule has 1 aliphatic rings. The van der Waals surface area contributed by atoms with E-state index in [1.807, 2.05) is 19.0 Å². The van der Waals surface area contributed by atoms with Gasteiger partial charge in [0, 0.05) is 24.2 Å². The van der Waals surface area contributed by atoms with Crippen LogP contribution in [0, 0.1) is 0 Å². The minimum atomic E-state index is -0.846. The molecular weight excluding hydrogens is 436 g/mol. The SMILES string of the molecule is C=CCOc1ccc(/C(O)=C2\C(=O)C(=O)N(CCN(C)C)[C@@H]2c2cc(OC)ccc2OC)cc1. The number of rotatable bonds is 10. The van der Waals surface area contributed by atoms with Gasteiger partial charge in [-0.05, 0) is 56.6 Å². The first-order valence-electron chi connectivity index (χ1n) is 10.8. The van der Waals surface area contributed by atoms with Crippen molar-refractivity contribution in [2.75, 3.05) is 48.0 Å². The number of hydrogen-bond donors (Lipinski definition) is 1. The molecule has 2 aromatic rings. The van der Waals surface area contributed by atoms with E-state index in [2.05, 4.69) is 6.58 Å². The van der Waals surface area contributed by atoms with Gasteiger partial charge in [-0.25, -0.2) is 0 Å². The maximum Gasteiger partial charge on any atom is 0.295 e. The predicted molar refractivity (Wildman–Crippen MR) is 129 cm³/mol. The standard InChI is InChI=1S/C26H30N2O6/c1-6-15-34-18-9-7-17(8-10-18)24(29)22-23(20-16-19(32-4)11-12-21(20)33-5)28(14-13-27(2)3)26(31)25(22)30/h6-12,16,23,29H,1,13-15H2,2-5H3/b24-22+/t23-/m1/s1. The fraction of sp³-hybridized carbons (Fsp3) is 0.308. The number of ketones is 1. The van der Waals surface area contributed by atoms with Crippen LogP contribution in [0.2, 0.25) is 0 Å². The lowest BCUT2D eigenvalue weighted by Gasteiger charge is -2.28. The first kappa shape index (κ1) is 24.9. The molecule has 1 N–H and O–H groups in total. The molecule has 1 saturated heterocycles. The zero-order valence-electron chi connectivity index (χ0n) is 19.9. The van der Waals surface area contributed by atoms with Gasteiger partial charge in [0.05, 0.1) is 25.8 Å². The van der Waals surface area contributed by atoms with Crippen molar-refractivity contribution in [2.45, 2.75) is 6.04 Å². The van der Waals surface area contributed by atoms with Gasteiger partial charge in [0.1, 0.15) is 29.6 Å². The second-order valence-corrected chi connectivity index (χ2v) is 8.03. The number of likely N-dealkylation sites (tertiary alicyclic amines) is 1. The van der Waals surface area contributed by atoms with E-state index in [-0.39, 0.29) is 17.9 Å². The van der Waals surface area contributed by atoms with E-state index in [0.717, 1.165) is 0 Å². The summed E-state index contributed by atoms with van der Waals surface area (Å²) >= 11 is 0. The first-order valence-corrected chi connectivity index (χ1v) is 10.8. The maximum atomic E-state index is 13.2. The van der Waals surface area contributed by atoms with Gasteiger partial charge in [-0.2, -0.15) is 0 Å². The Morgan fingerprint density at radius 3 is 2.35 bits per heavy atom. The molecule has 1 fully saturated rings. The molecule has 8 heteroatoms. The van der Waals surface area contributed by atoms with Crippen molar-refractivity contribution in [1.82, 2.24) is 9.80 Å². The summed E-state index contributed by atoms with van der Waals surface area (Å²) in [6.07, 6.45) is 1.63. The molecule has 0 unspecified atom stereocenters. The van der Waals surface area contributed by atoms with Crippen LogP contribution in [0.3, 0.4) is 0 Å². The van der Waals surface area contributed by atoms with Crippen molar-refractivity contribution in [2.24, 2.45) is 0 Å². The molecule has 2 aromatic carbocycles. The lowest BCUT2D eigenvalue weighted by Crippen LogP contribution is -2.35. The third-order valence-electron chi connectivity index (χ3n) is 5.56. The minimum absolute atomic E-state index is 0.00457. The molecule has 1 amide bonds. The van der Waals surface area contributed by atoms with Gasteiger partial charge in [0.15, 0.2) is 0 Å². The fourth-order valence-corrected chi connectivity index (χ4v) is 3.81. The molecule has 3 rings (SSSR count). The minimum Gasteiger partial charge on any atom is -0.507 e. The van der Waals surface area contributed by atoms with Crippen molar-refractivity contribution in [3.8, 4) is 17.2 Å². The summed E-state index contributed by atoms with van der Waals surface area (Å²) in [7, 11) is 6.81. The maximum absolute atomic E-state index is 13.2. The van der Waals surface area contributed by atoms with Gasteiger partial charge in [-0.15, -0.1) is 0 Å². The van der Waals surface area contributed by atoms with Gasteiger partial charge in [0.25, 0.3) is 11.7 Å². The van der Waals surface area contributed by atoms with Crippen LogP contribution in [-0.4, -0.2) is 74.6 Å². The number of aliphatic hydroxyl groups excluding tert-OH is 1. The van der Waals surface area contributed by atoms with Crippen molar-refractivity contribution in [3.05, 3.63) is 71.8 Å². The Morgan fingerprint density at radius 2 is 1.76 bits per heavy atom. The number of carbonyl (C=O) groups is 2. The molecular formula is C26H30N2O6. The van der Waals surface area contributed by atoms with Crippen LogP contribution in [0.25, 0.3) is 5.76 Å². The highest BCUT2D eigenvalue weighted by Gasteiger charge is 2.47. The number of likely N-dealkylation sites (N-methyl/N-ethyl adjacent to an activating group) is 1. The van der Waals surface area contributed by atoms with Gasteiger partial charge in [-0.3, -0.25) is 9.59 Å². The number of Topliss-reactive ketones (excluding diaryl/α,β-unsaturated/α-hetero) is 1. The number of ether oxygens (including phenoxy) is 3. The molecule has 180 valence electrons. The van der Waals surface area contributed by atoms with E-state index >= 15 is 0 Å². The Morgan fingerprint density at radius 1 is 1.09 bits per heavy atom. The number of benzene rings is 2. The Bertz CT molecular complexity index is 1090. The Labute approximate surface area is 199 Å². The average Bonchev–Trinajstić information content (AvgIpc) is 3.10. The molecule has 0 aromatic heterocycles. The van der Waals surface area contributed by atoms with Gasteiger partial charge in [0.2, 0.25) is 0 Å². The van der Waals surface area contributed by atoms with Crippen LogP contribution < -0.4 is 14.2 Å². The molecule has 0 radical (unpaired) electrons. The molecule has 0 spiro atoms. The third kappa shape index (κ3) is 5.07. The summed E-state index contributed by atoms with van der Waals surface area (Å²) in [6, 6.07) is 11.0. The summed E-state index contributed by atoms with van der Waals surface area (Å²) in [6.45, 7) is 4.78. The topological polar surface area (TPSA) is 88.5 Å². The molecule has 0 saturated carbocycles. The molecule has 1 atom stereocenters. The Balaban J connectivity index is 2.16. The highest BCUT2D eigenvalue weighted by molar-refractivity contribution is 6.46. The average molecular weight is 467 g/mol. The fourth-order valence-electron chi connectivity index (χ4n) is 3.81. The summed E-state index contributed by atoms with van der Waals surface area (Å²) in [5.74, 6) is -0.0913. The van der Waals surface area contributed by atoms with Gasteiger partial charge < -0.3 is 29.1 Å². The van der Waals surface area contributed by atoms with E-state index in [1.54, 1.807) is 48.5 Å². The van der Waals surface area contributed by atoms with E-state index in [4.69, 9.17) is 14.2 Å². The van der Waals surface area contributed by atoms with Crippen molar-refractivity contribution >= 4 is 17.4 Å². The quantitative estimate of drug-likeness (QED) is 0.249.